The van der Waals surface area contributed by atoms with Crippen molar-refractivity contribution in [2.45, 2.75) is 24.3 Å². The average Bonchev–Trinajstić information content (AvgIpc) is 2.84. The van der Waals surface area contributed by atoms with Gasteiger partial charge in [-0.15, -0.1) is 0 Å². The molecule has 7 nitrogen and oxygen atoms in total. The minimum absolute atomic E-state index is 0.0954. The predicted molar refractivity (Wildman–Crippen MR) is 125 cm³/mol. The second kappa shape index (κ2) is 10.5. The summed E-state index contributed by atoms with van der Waals surface area (Å²) in [6.45, 7) is 5.13. The van der Waals surface area contributed by atoms with Gasteiger partial charge < -0.3 is 10.2 Å². The van der Waals surface area contributed by atoms with Crippen molar-refractivity contribution in [1.29, 1.82) is 0 Å². The minimum Gasteiger partial charge on any atom is -0.338 e. The topological polar surface area (TPSA) is 73.0 Å². The molecule has 0 aliphatic carbocycles. The number of carbonyl (C=O) groups excluding carboxylic acids is 1. The Balaban J connectivity index is 1.22. The van der Waals surface area contributed by atoms with Crippen LogP contribution >= 0.6 is 0 Å². The number of amides is 2. The first kappa shape index (κ1) is 22.8. The average molecular weight is 457 g/mol. The van der Waals surface area contributed by atoms with E-state index in [-0.39, 0.29) is 6.03 Å². The third-order valence-electron chi connectivity index (χ3n) is 6.30. The fourth-order valence-corrected chi connectivity index (χ4v) is 5.96. The number of carbonyl (C=O) groups is 1. The summed E-state index contributed by atoms with van der Waals surface area (Å²) in [5, 5.41) is 3.08. The lowest BCUT2D eigenvalue weighted by atomic mass is 9.97. The fourth-order valence-electron chi connectivity index (χ4n) is 4.52. The van der Waals surface area contributed by atoms with Crippen LogP contribution in [-0.4, -0.2) is 74.4 Å². The lowest BCUT2D eigenvalue weighted by Crippen LogP contribution is -2.53. The Morgan fingerprint density at radius 1 is 0.906 bits per heavy atom. The monoisotopic (exact) mass is 456 g/mol. The maximum atomic E-state index is 12.8. The number of benzene rings is 2. The van der Waals surface area contributed by atoms with Gasteiger partial charge in [0.2, 0.25) is 10.0 Å². The van der Waals surface area contributed by atoms with E-state index in [1.807, 2.05) is 6.07 Å². The summed E-state index contributed by atoms with van der Waals surface area (Å²) in [4.78, 5) is 17.2. The molecule has 1 atom stereocenters. The molecule has 0 saturated carbocycles. The maximum Gasteiger partial charge on any atom is 0.317 e. The molecule has 0 bridgehead atoms. The summed E-state index contributed by atoms with van der Waals surface area (Å²) in [6, 6.07) is 18.9. The zero-order valence-corrected chi connectivity index (χ0v) is 19.2. The van der Waals surface area contributed by atoms with Crippen LogP contribution in [-0.2, 0) is 16.6 Å². The second-order valence-corrected chi connectivity index (χ2v) is 10.6. The summed E-state index contributed by atoms with van der Waals surface area (Å²) in [7, 11) is -3.50. The highest BCUT2D eigenvalue weighted by Gasteiger charge is 2.30. The van der Waals surface area contributed by atoms with E-state index in [4.69, 9.17) is 0 Å². The predicted octanol–water partition coefficient (Wildman–Crippen LogP) is 2.61. The Morgan fingerprint density at radius 3 is 2.25 bits per heavy atom. The number of sulfonamides is 1. The van der Waals surface area contributed by atoms with E-state index in [0.717, 1.165) is 32.5 Å². The van der Waals surface area contributed by atoms with E-state index < -0.39 is 10.0 Å². The van der Waals surface area contributed by atoms with Gasteiger partial charge in [0.15, 0.2) is 0 Å². The molecule has 1 unspecified atom stereocenters. The fraction of sp³-hybridized carbons (Fsp3) is 0.458. The first-order valence-electron chi connectivity index (χ1n) is 11.4. The molecule has 2 heterocycles. The summed E-state index contributed by atoms with van der Waals surface area (Å²) in [5.74, 6) is 0.441. The van der Waals surface area contributed by atoms with E-state index in [9.17, 15) is 13.2 Å². The number of piperidine rings is 1. The molecule has 172 valence electrons. The van der Waals surface area contributed by atoms with Gasteiger partial charge in [-0.05, 0) is 43.0 Å². The van der Waals surface area contributed by atoms with Crippen LogP contribution in [0.2, 0.25) is 0 Å². The van der Waals surface area contributed by atoms with Crippen molar-refractivity contribution in [3.8, 4) is 0 Å². The van der Waals surface area contributed by atoms with Gasteiger partial charge in [-0.25, -0.2) is 13.2 Å². The lowest BCUT2D eigenvalue weighted by molar-refractivity contribution is 0.152. The normalized spacial score (nSPS) is 20.8. The molecule has 0 aromatic heterocycles. The summed E-state index contributed by atoms with van der Waals surface area (Å²) in [5.41, 5.74) is 1.32. The first-order valence-corrected chi connectivity index (χ1v) is 12.8. The molecule has 2 aliphatic rings. The second-order valence-electron chi connectivity index (χ2n) is 8.62. The molecule has 2 saturated heterocycles. The molecule has 32 heavy (non-hydrogen) atoms. The number of hydrogen-bond donors (Lipinski definition) is 1. The van der Waals surface area contributed by atoms with Crippen molar-refractivity contribution in [3.63, 3.8) is 0 Å². The van der Waals surface area contributed by atoms with Crippen molar-refractivity contribution >= 4 is 16.1 Å². The SMILES string of the molecule is O=C(NCC1CCCN(Cc2ccccc2)C1)N1CCN(S(=O)(=O)c2ccccc2)CC1. The van der Waals surface area contributed by atoms with Gasteiger partial charge in [-0.2, -0.15) is 4.31 Å². The van der Waals surface area contributed by atoms with Crippen LogP contribution in [0.4, 0.5) is 4.79 Å². The highest BCUT2D eigenvalue weighted by molar-refractivity contribution is 7.89. The number of nitrogens with one attached hydrogen (secondary N) is 1. The van der Waals surface area contributed by atoms with Gasteiger partial charge in [-0.3, -0.25) is 4.90 Å². The van der Waals surface area contributed by atoms with E-state index >= 15 is 0 Å². The Kier molecular flexibility index (Phi) is 7.44. The largest absolute Gasteiger partial charge is 0.338 e. The van der Waals surface area contributed by atoms with Crippen molar-refractivity contribution in [1.82, 2.24) is 19.4 Å². The quantitative estimate of drug-likeness (QED) is 0.725. The van der Waals surface area contributed by atoms with E-state index in [1.165, 1.54) is 9.87 Å². The minimum atomic E-state index is -3.50. The number of rotatable bonds is 6. The van der Waals surface area contributed by atoms with Crippen LogP contribution < -0.4 is 5.32 Å². The van der Waals surface area contributed by atoms with Crippen LogP contribution in [0.5, 0.6) is 0 Å². The van der Waals surface area contributed by atoms with Gasteiger partial charge in [-0.1, -0.05) is 48.5 Å². The van der Waals surface area contributed by atoms with Crippen molar-refractivity contribution in [3.05, 3.63) is 66.2 Å². The Bertz CT molecular complexity index is 977. The number of hydrogen-bond acceptors (Lipinski definition) is 4. The molecule has 2 amide bonds. The van der Waals surface area contributed by atoms with E-state index in [0.29, 0.717) is 43.5 Å². The van der Waals surface area contributed by atoms with Crippen LogP contribution in [0.25, 0.3) is 0 Å². The Hall–Kier alpha value is -2.42. The van der Waals surface area contributed by atoms with Gasteiger partial charge in [0.1, 0.15) is 0 Å². The van der Waals surface area contributed by atoms with Crippen LogP contribution in [0.1, 0.15) is 18.4 Å². The molecule has 2 fully saturated rings. The third-order valence-corrected chi connectivity index (χ3v) is 8.21. The standard InChI is InChI=1S/C24H32N4O3S/c29-24(25-18-22-10-7-13-26(20-22)19-21-8-3-1-4-9-21)27-14-16-28(17-15-27)32(30,31)23-11-5-2-6-12-23/h1-6,8-9,11-12,22H,7,10,13-20H2,(H,25,29). The summed E-state index contributed by atoms with van der Waals surface area (Å²) < 4.78 is 27.0. The summed E-state index contributed by atoms with van der Waals surface area (Å²) in [6.07, 6.45) is 2.26. The van der Waals surface area contributed by atoms with E-state index in [2.05, 4.69) is 34.5 Å². The van der Waals surface area contributed by atoms with Crippen LogP contribution in [0.15, 0.2) is 65.6 Å². The number of urea groups is 1. The molecule has 1 N–H and O–H groups in total. The molecular weight excluding hydrogens is 424 g/mol. The van der Waals surface area contributed by atoms with Crippen LogP contribution in [0.3, 0.4) is 0 Å². The Labute approximate surface area is 191 Å². The number of piperazine rings is 1. The molecular formula is C24H32N4O3S. The van der Waals surface area contributed by atoms with Gasteiger partial charge >= 0.3 is 6.03 Å². The highest BCUT2D eigenvalue weighted by Crippen LogP contribution is 2.19. The molecule has 0 radical (unpaired) electrons. The van der Waals surface area contributed by atoms with Gasteiger partial charge in [0.25, 0.3) is 0 Å². The van der Waals surface area contributed by atoms with Crippen molar-refractivity contribution in [2.75, 3.05) is 45.8 Å². The van der Waals surface area contributed by atoms with Gasteiger partial charge in [0, 0.05) is 45.8 Å². The number of likely N-dealkylation sites (tertiary alicyclic amines) is 1. The van der Waals surface area contributed by atoms with Crippen molar-refractivity contribution in [2.24, 2.45) is 5.92 Å². The zero-order chi connectivity index (χ0) is 22.4. The van der Waals surface area contributed by atoms with Crippen LogP contribution in [0, 0.1) is 5.92 Å². The Morgan fingerprint density at radius 2 is 1.56 bits per heavy atom. The molecule has 2 aliphatic heterocycles. The maximum absolute atomic E-state index is 12.8. The zero-order valence-electron chi connectivity index (χ0n) is 18.4. The molecule has 4 rings (SSSR count). The molecule has 2 aromatic rings. The first-order chi connectivity index (χ1) is 15.5. The third kappa shape index (κ3) is 5.68. The van der Waals surface area contributed by atoms with Gasteiger partial charge in [0.05, 0.1) is 4.90 Å². The summed E-state index contributed by atoms with van der Waals surface area (Å²) >= 11 is 0. The highest BCUT2D eigenvalue weighted by atomic mass is 32.2. The van der Waals surface area contributed by atoms with Crippen molar-refractivity contribution < 1.29 is 13.2 Å². The molecule has 0 spiro atoms. The van der Waals surface area contributed by atoms with E-state index in [1.54, 1.807) is 35.2 Å². The molecule has 8 heteroatoms. The smallest absolute Gasteiger partial charge is 0.317 e. The number of nitrogens with zero attached hydrogens (tertiary/aromatic N) is 3. The lowest BCUT2D eigenvalue weighted by Gasteiger charge is -2.35. The molecule has 2 aromatic carbocycles.